The van der Waals surface area contributed by atoms with Gasteiger partial charge in [0.15, 0.2) is 8.37 Å². The van der Waals surface area contributed by atoms with E-state index in [2.05, 4.69) is 21.3 Å². The fourth-order valence-electron chi connectivity index (χ4n) is 3.50. The average Bonchev–Trinajstić information content (AvgIpc) is 2.70. The first-order chi connectivity index (χ1) is 13.2. The van der Waals surface area contributed by atoms with Crippen LogP contribution in [0.4, 0.5) is 5.69 Å². The zero-order valence-electron chi connectivity index (χ0n) is 15.7. The van der Waals surface area contributed by atoms with Gasteiger partial charge in [-0.15, -0.1) is 23.2 Å². The number of anilines is 1. The molecule has 1 fully saturated rings. The number of fused-ring (bicyclic) bond motifs is 1. The molecule has 1 amide bonds. The van der Waals surface area contributed by atoms with Crippen LogP contribution in [0, 0.1) is 0 Å². The lowest BCUT2D eigenvalue weighted by Gasteiger charge is -2.47. The molecule has 2 aliphatic rings. The van der Waals surface area contributed by atoms with Crippen LogP contribution in [0.25, 0.3) is 0 Å². The van der Waals surface area contributed by atoms with E-state index in [9.17, 15) is 4.79 Å². The maximum Gasteiger partial charge on any atom is 0.261 e. The van der Waals surface area contributed by atoms with Crippen molar-refractivity contribution >= 4 is 43.2 Å². The van der Waals surface area contributed by atoms with Crippen molar-refractivity contribution in [2.24, 2.45) is 0 Å². The van der Waals surface area contributed by atoms with Gasteiger partial charge in [0.25, 0.3) is 5.91 Å². The van der Waals surface area contributed by atoms with Crippen molar-refractivity contribution in [2.75, 3.05) is 76.0 Å². The number of amides is 1. The summed E-state index contributed by atoms with van der Waals surface area (Å²) in [4.78, 5) is 15.7. The van der Waals surface area contributed by atoms with Crippen molar-refractivity contribution < 1.29 is 9.53 Å². The smallest absolute Gasteiger partial charge is 0.261 e. The van der Waals surface area contributed by atoms with E-state index in [1.807, 2.05) is 28.9 Å². The lowest BCUT2D eigenvalue weighted by atomic mass is 10.1. The van der Waals surface area contributed by atoms with Crippen LogP contribution in [-0.4, -0.2) is 91.4 Å². The predicted molar refractivity (Wildman–Crippen MR) is 113 cm³/mol. The van der Waals surface area contributed by atoms with Gasteiger partial charge in [-0.05, 0) is 12.1 Å². The van der Waals surface area contributed by atoms with Gasteiger partial charge >= 0.3 is 0 Å². The summed E-state index contributed by atoms with van der Waals surface area (Å²) >= 11 is 12.1. The molecule has 6 nitrogen and oxygen atoms in total. The number of hydrogen-bond acceptors (Lipinski definition) is 5. The molecule has 0 N–H and O–H groups in total. The molecule has 0 bridgehead atoms. The standard InChI is InChI=1S/C18H27Cl2N4O2P/c1-21-17-5-3-2-4-16(17)18(25)24(11-10-22-12-14-26-15-13-22)27(21)23(8-6-19)9-7-20/h2-5H,6-15H2,1H3. The van der Waals surface area contributed by atoms with Crippen LogP contribution >= 0.6 is 31.6 Å². The lowest BCUT2D eigenvalue weighted by Crippen LogP contribution is -2.48. The molecule has 1 aromatic rings. The monoisotopic (exact) mass is 432 g/mol. The summed E-state index contributed by atoms with van der Waals surface area (Å²) in [6.45, 7) is 6.29. The Hall–Kier alpha value is -0.620. The second-order valence-corrected chi connectivity index (χ2v) is 9.46. The summed E-state index contributed by atoms with van der Waals surface area (Å²) in [6, 6.07) is 7.83. The first kappa shape index (κ1) is 21.1. The van der Waals surface area contributed by atoms with E-state index in [-0.39, 0.29) is 5.91 Å². The van der Waals surface area contributed by atoms with Gasteiger partial charge in [0.1, 0.15) is 0 Å². The Balaban J connectivity index is 1.86. The van der Waals surface area contributed by atoms with Crippen LogP contribution in [-0.2, 0) is 4.74 Å². The number of para-hydroxylation sites is 1. The van der Waals surface area contributed by atoms with Crippen LogP contribution in [0.15, 0.2) is 24.3 Å². The maximum atomic E-state index is 13.3. The van der Waals surface area contributed by atoms with E-state index in [4.69, 9.17) is 27.9 Å². The van der Waals surface area contributed by atoms with Crippen LogP contribution < -0.4 is 4.67 Å². The third kappa shape index (κ3) is 4.87. The first-order valence-corrected chi connectivity index (χ1v) is 11.6. The molecule has 0 saturated carbocycles. The number of alkyl halides is 2. The van der Waals surface area contributed by atoms with Crippen LogP contribution in [0.2, 0.25) is 0 Å². The van der Waals surface area contributed by atoms with Crippen molar-refractivity contribution in [2.45, 2.75) is 0 Å². The number of ether oxygens (including phenoxy) is 1. The van der Waals surface area contributed by atoms with Crippen molar-refractivity contribution in [3.63, 3.8) is 0 Å². The summed E-state index contributed by atoms with van der Waals surface area (Å²) in [7, 11) is 1.06. The highest BCUT2D eigenvalue weighted by atomic mass is 35.5. The van der Waals surface area contributed by atoms with Gasteiger partial charge in [-0.25, -0.2) is 4.67 Å². The number of benzene rings is 1. The Bertz CT molecular complexity index is 627. The molecule has 1 saturated heterocycles. The van der Waals surface area contributed by atoms with Crippen molar-refractivity contribution in [1.29, 1.82) is 0 Å². The molecule has 2 aliphatic heterocycles. The minimum absolute atomic E-state index is 0.0946. The van der Waals surface area contributed by atoms with Gasteiger partial charge in [-0.2, -0.15) is 0 Å². The van der Waals surface area contributed by atoms with Crippen molar-refractivity contribution in [3.05, 3.63) is 29.8 Å². The summed E-state index contributed by atoms with van der Waals surface area (Å²) in [5.74, 6) is 1.12. The van der Waals surface area contributed by atoms with Crippen LogP contribution in [0.5, 0.6) is 0 Å². The quantitative estimate of drug-likeness (QED) is 0.466. The third-order valence-electron chi connectivity index (χ3n) is 4.87. The van der Waals surface area contributed by atoms with E-state index in [0.29, 0.717) is 31.4 Å². The number of hydrogen-bond donors (Lipinski definition) is 0. The minimum atomic E-state index is -1.00. The second kappa shape index (κ2) is 10.2. The largest absolute Gasteiger partial charge is 0.379 e. The van der Waals surface area contributed by atoms with Gasteiger partial charge in [-0.1, -0.05) is 12.1 Å². The minimum Gasteiger partial charge on any atom is -0.379 e. The SMILES string of the molecule is CN1c2ccccc2C(=O)N(CCN2CCOCC2)P1N(CCCl)CCCl. The summed E-state index contributed by atoms with van der Waals surface area (Å²) in [6.07, 6.45) is 0. The predicted octanol–water partition coefficient (Wildman–Crippen LogP) is 2.92. The number of carbonyl (C=O) groups excluding carboxylic acids is 1. The Morgan fingerprint density at radius 1 is 1.11 bits per heavy atom. The molecule has 1 aromatic carbocycles. The molecule has 2 heterocycles. The van der Waals surface area contributed by atoms with Gasteiger partial charge in [0.2, 0.25) is 0 Å². The van der Waals surface area contributed by atoms with Gasteiger partial charge in [0.05, 0.1) is 24.5 Å². The Morgan fingerprint density at radius 2 is 1.78 bits per heavy atom. The molecule has 0 aromatic heterocycles. The van der Waals surface area contributed by atoms with Gasteiger partial charge in [-0.3, -0.25) is 14.4 Å². The number of nitrogens with zero attached hydrogens (tertiary/aromatic N) is 4. The fourth-order valence-corrected chi connectivity index (χ4v) is 6.61. The highest BCUT2D eigenvalue weighted by Crippen LogP contribution is 2.54. The Kier molecular flexibility index (Phi) is 8.00. The summed E-state index contributed by atoms with van der Waals surface area (Å²) in [5.41, 5.74) is 1.74. The maximum absolute atomic E-state index is 13.3. The Morgan fingerprint density at radius 3 is 2.44 bits per heavy atom. The summed E-state index contributed by atoms with van der Waals surface area (Å²) < 4.78 is 11.9. The topological polar surface area (TPSA) is 39.3 Å². The molecule has 3 rings (SSSR count). The molecular formula is C18H27Cl2N4O2P. The lowest BCUT2D eigenvalue weighted by molar-refractivity contribution is 0.0358. The average molecular weight is 433 g/mol. The highest BCUT2D eigenvalue weighted by Gasteiger charge is 2.39. The zero-order chi connectivity index (χ0) is 19.2. The van der Waals surface area contributed by atoms with E-state index >= 15 is 0 Å². The highest BCUT2D eigenvalue weighted by molar-refractivity contribution is 7.55. The molecule has 0 aliphatic carbocycles. The number of halogens is 2. The molecule has 150 valence electrons. The van der Waals surface area contributed by atoms with Crippen molar-refractivity contribution in [1.82, 2.24) is 14.2 Å². The van der Waals surface area contributed by atoms with Gasteiger partial charge in [0, 0.05) is 58.1 Å². The van der Waals surface area contributed by atoms with Crippen molar-refractivity contribution in [3.8, 4) is 0 Å². The summed E-state index contributed by atoms with van der Waals surface area (Å²) in [5, 5.41) is 0. The van der Waals surface area contributed by atoms with E-state index in [1.165, 1.54) is 0 Å². The third-order valence-corrected chi connectivity index (χ3v) is 7.68. The number of rotatable bonds is 8. The van der Waals surface area contributed by atoms with E-state index in [1.54, 1.807) is 0 Å². The number of morpholine rings is 1. The zero-order valence-corrected chi connectivity index (χ0v) is 18.1. The second-order valence-electron chi connectivity index (χ2n) is 6.52. The van der Waals surface area contributed by atoms with Crippen LogP contribution in [0.3, 0.4) is 0 Å². The molecular weight excluding hydrogens is 406 g/mol. The molecule has 9 heteroatoms. The van der Waals surface area contributed by atoms with E-state index in [0.717, 1.165) is 44.1 Å². The Labute approximate surface area is 172 Å². The molecule has 1 atom stereocenters. The van der Waals surface area contributed by atoms with E-state index < -0.39 is 8.37 Å². The normalized spacial score (nSPS) is 21.0. The molecule has 27 heavy (non-hydrogen) atoms. The molecule has 0 radical (unpaired) electrons. The first-order valence-electron chi connectivity index (χ1n) is 9.29. The van der Waals surface area contributed by atoms with Crippen LogP contribution in [0.1, 0.15) is 10.4 Å². The number of carbonyl (C=O) groups is 1. The molecule has 1 unspecified atom stereocenters. The fraction of sp³-hybridized carbons (Fsp3) is 0.611. The molecule has 0 spiro atoms. The van der Waals surface area contributed by atoms with Gasteiger partial charge < -0.3 is 9.41 Å².